The Morgan fingerprint density at radius 2 is 1.81 bits per heavy atom. The predicted molar refractivity (Wildman–Crippen MR) is 86.3 cm³/mol. The largest absolute Gasteiger partial charge is 0.461 e. The van der Waals surface area contributed by atoms with E-state index in [1.807, 2.05) is 30.3 Å². The van der Waals surface area contributed by atoms with Crippen molar-refractivity contribution in [1.29, 1.82) is 0 Å². The number of ether oxygens (including phenoxy) is 1. The van der Waals surface area contributed by atoms with Crippen molar-refractivity contribution in [2.24, 2.45) is 0 Å². The third-order valence-electron chi connectivity index (χ3n) is 4.06. The van der Waals surface area contributed by atoms with Crippen molar-refractivity contribution in [2.45, 2.75) is 70.4 Å². The number of hydrogen-bond donors (Lipinski definition) is 1. The number of hydrogen-bond acceptors (Lipinski definition) is 3. The van der Waals surface area contributed by atoms with Crippen LogP contribution in [-0.2, 0) is 9.53 Å². The molecule has 3 nitrogen and oxygen atoms in total. The van der Waals surface area contributed by atoms with E-state index in [1.165, 1.54) is 38.5 Å². The second-order valence-electron chi connectivity index (χ2n) is 5.91. The molecule has 1 aliphatic rings. The van der Waals surface area contributed by atoms with E-state index in [9.17, 15) is 4.79 Å². The maximum Gasteiger partial charge on any atom is 0.328 e. The van der Waals surface area contributed by atoms with Crippen molar-refractivity contribution in [3.05, 3.63) is 30.3 Å². The molecule has 2 rings (SSSR count). The van der Waals surface area contributed by atoms with Crippen LogP contribution in [0.1, 0.15) is 58.3 Å². The van der Waals surface area contributed by atoms with Gasteiger partial charge in [-0.25, -0.2) is 4.79 Å². The van der Waals surface area contributed by atoms with Crippen molar-refractivity contribution in [3.8, 4) is 0 Å². The number of para-hydroxylation sites is 1. The number of unbranched alkanes of at least 4 members (excludes halogenated alkanes) is 5. The Balaban J connectivity index is 1.65. The number of benzene rings is 1. The van der Waals surface area contributed by atoms with Crippen molar-refractivity contribution in [3.63, 3.8) is 0 Å². The van der Waals surface area contributed by atoms with Gasteiger partial charge in [-0.05, 0) is 25.0 Å². The number of cyclic esters (lactones) is 1. The van der Waals surface area contributed by atoms with E-state index in [-0.39, 0.29) is 18.1 Å². The van der Waals surface area contributed by atoms with E-state index in [2.05, 4.69) is 12.2 Å². The molecular weight excluding hydrogens is 262 g/mol. The molecule has 1 fully saturated rings. The SMILES string of the molecule is CCCCCCCCC1CC(Nc2ccccc2)C(=O)O1. The third-order valence-corrected chi connectivity index (χ3v) is 4.06. The summed E-state index contributed by atoms with van der Waals surface area (Å²) in [7, 11) is 0. The molecule has 0 bridgehead atoms. The highest BCUT2D eigenvalue weighted by molar-refractivity contribution is 5.81. The lowest BCUT2D eigenvalue weighted by Gasteiger charge is -2.10. The molecule has 1 saturated heterocycles. The molecule has 0 spiro atoms. The van der Waals surface area contributed by atoms with E-state index in [4.69, 9.17) is 4.74 Å². The number of carbonyl (C=O) groups is 1. The Morgan fingerprint density at radius 1 is 1.10 bits per heavy atom. The van der Waals surface area contributed by atoms with Crippen molar-refractivity contribution in [2.75, 3.05) is 5.32 Å². The number of esters is 1. The van der Waals surface area contributed by atoms with Crippen LogP contribution in [0.2, 0.25) is 0 Å². The molecule has 21 heavy (non-hydrogen) atoms. The Hall–Kier alpha value is -1.51. The first-order valence-corrected chi connectivity index (χ1v) is 8.31. The van der Waals surface area contributed by atoms with Crippen LogP contribution in [0.3, 0.4) is 0 Å². The monoisotopic (exact) mass is 289 g/mol. The van der Waals surface area contributed by atoms with Gasteiger partial charge in [-0.1, -0.05) is 57.2 Å². The summed E-state index contributed by atoms with van der Waals surface area (Å²) in [6.07, 6.45) is 9.58. The van der Waals surface area contributed by atoms with E-state index in [0.29, 0.717) is 0 Å². The van der Waals surface area contributed by atoms with E-state index >= 15 is 0 Å². The molecule has 1 N–H and O–H groups in total. The zero-order valence-electron chi connectivity index (χ0n) is 13.0. The number of nitrogens with one attached hydrogen (secondary N) is 1. The molecule has 2 unspecified atom stereocenters. The molecule has 1 heterocycles. The second-order valence-corrected chi connectivity index (χ2v) is 5.91. The minimum absolute atomic E-state index is 0.102. The maximum atomic E-state index is 11.9. The summed E-state index contributed by atoms with van der Waals surface area (Å²) in [4.78, 5) is 11.9. The van der Waals surface area contributed by atoms with Crippen molar-refractivity contribution in [1.82, 2.24) is 0 Å². The van der Waals surface area contributed by atoms with E-state index < -0.39 is 0 Å². The Kier molecular flexibility index (Phi) is 6.58. The predicted octanol–water partition coefficient (Wildman–Crippen LogP) is 4.53. The molecule has 116 valence electrons. The van der Waals surface area contributed by atoms with Crippen LogP contribution in [0.4, 0.5) is 5.69 Å². The number of carbonyl (C=O) groups excluding carboxylic acids is 1. The van der Waals surface area contributed by atoms with Crippen LogP contribution in [0.15, 0.2) is 30.3 Å². The van der Waals surface area contributed by atoms with Gasteiger partial charge in [0.1, 0.15) is 12.1 Å². The molecule has 0 aromatic heterocycles. The van der Waals surface area contributed by atoms with Gasteiger partial charge in [-0.2, -0.15) is 0 Å². The minimum atomic E-state index is -0.183. The Labute approximate surface area is 128 Å². The highest BCUT2D eigenvalue weighted by atomic mass is 16.6. The lowest BCUT2D eigenvalue weighted by atomic mass is 10.0. The highest BCUT2D eigenvalue weighted by Crippen LogP contribution is 2.23. The minimum Gasteiger partial charge on any atom is -0.461 e. The van der Waals surface area contributed by atoms with E-state index in [0.717, 1.165) is 18.5 Å². The molecule has 3 heteroatoms. The number of anilines is 1. The Bertz CT molecular complexity index is 418. The van der Waals surface area contributed by atoms with Gasteiger partial charge < -0.3 is 10.1 Å². The zero-order valence-corrected chi connectivity index (χ0v) is 13.0. The van der Waals surface area contributed by atoms with Gasteiger partial charge in [-0.15, -0.1) is 0 Å². The molecular formula is C18H27NO2. The summed E-state index contributed by atoms with van der Waals surface area (Å²) >= 11 is 0. The molecule has 2 atom stereocenters. The normalized spacial score (nSPS) is 21.3. The second kappa shape index (κ2) is 8.71. The fourth-order valence-corrected chi connectivity index (χ4v) is 2.84. The van der Waals surface area contributed by atoms with Gasteiger partial charge in [0.05, 0.1) is 0 Å². The summed E-state index contributed by atoms with van der Waals surface area (Å²) < 4.78 is 5.47. The lowest BCUT2D eigenvalue weighted by Crippen LogP contribution is -2.24. The van der Waals surface area contributed by atoms with Crippen LogP contribution in [0, 0.1) is 0 Å². The van der Waals surface area contributed by atoms with E-state index in [1.54, 1.807) is 0 Å². The van der Waals surface area contributed by atoms with Gasteiger partial charge in [0.25, 0.3) is 0 Å². The molecule has 1 aromatic carbocycles. The molecule has 1 aromatic rings. The summed E-state index contributed by atoms with van der Waals surface area (Å²) in [6.45, 7) is 2.23. The smallest absolute Gasteiger partial charge is 0.328 e. The molecule has 0 radical (unpaired) electrons. The van der Waals surface area contributed by atoms with Gasteiger partial charge in [0.15, 0.2) is 0 Å². The average Bonchev–Trinajstić information content (AvgIpc) is 2.84. The fraction of sp³-hybridized carbons (Fsp3) is 0.611. The molecule has 0 amide bonds. The van der Waals surface area contributed by atoms with Crippen LogP contribution in [-0.4, -0.2) is 18.1 Å². The topological polar surface area (TPSA) is 38.3 Å². The van der Waals surface area contributed by atoms with Gasteiger partial charge >= 0.3 is 5.97 Å². The fourth-order valence-electron chi connectivity index (χ4n) is 2.84. The first kappa shape index (κ1) is 15.9. The summed E-state index contributed by atoms with van der Waals surface area (Å²) in [5.74, 6) is -0.102. The van der Waals surface area contributed by atoms with Crippen LogP contribution in [0.25, 0.3) is 0 Å². The molecule has 1 aliphatic heterocycles. The van der Waals surface area contributed by atoms with Crippen molar-refractivity contribution >= 4 is 11.7 Å². The summed E-state index contributed by atoms with van der Waals surface area (Å²) in [5.41, 5.74) is 0.986. The van der Waals surface area contributed by atoms with Gasteiger partial charge in [0, 0.05) is 12.1 Å². The van der Waals surface area contributed by atoms with Crippen LogP contribution < -0.4 is 5.32 Å². The first-order chi connectivity index (χ1) is 10.3. The average molecular weight is 289 g/mol. The quantitative estimate of drug-likeness (QED) is 0.536. The highest BCUT2D eigenvalue weighted by Gasteiger charge is 2.33. The van der Waals surface area contributed by atoms with Gasteiger partial charge in [-0.3, -0.25) is 0 Å². The standard InChI is InChI=1S/C18H27NO2/c1-2-3-4-5-6-10-13-16-14-17(18(20)21-16)19-15-11-8-7-9-12-15/h7-9,11-12,16-17,19H,2-6,10,13-14H2,1H3. The van der Waals surface area contributed by atoms with Crippen molar-refractivity contribution < 1.29 is 9.53 Å². The summed E-state index contributed by atoms with van der Waals surface area (Å²) in [5, 5.41) is 3.26. The van der Waals surface area contributed by atoms with Gasteiger partial charge in [0.2, 0.25) is 0 Å². The molecule has 0 aliphatic carbocycles. The van der Waals surface area contributed by atoms with Crippen LogP contribution in [0.5, 0.6) is 0 Å². The molecule has 0 saturated carbocycles. The summed E-state index contributed by atoms with van der Waals surface area (Å²) in [6, 6.07) is 9.69. The lowest BCUT2D eigenvalue weighted by molar-refractivity contribution is -0.142. The van der Waals surface area contributed by atoms with Crippen LogP contribution >= 0.6 is 0 Å². The zero-order chi connectivity index (χ0) is 14.9. The number of rotatable bonds is 9. The Morgan fingerprint density at radius 3 is 2.57 bits per heavy atom. The third kappa shape index (κ3) is 5.41. The first-order valence-electron chi connectivity index (χ1n) is 8.31. The maximum absolute atomic E-state index is 11.9.